The van der Waals surface area contributed by atoms with E-state index < -0.39 is 0 Å². The Morgan fingerprint density at radius 1 is 1.32 bits per heavy atom. The van der Waals surface area contributed by atoms with E-state index in [0.717, 1.165) is 22.6 Å². The van der Waals surface area contributed by atoms with Crippen LogP contribution in [0.4, 0.5) is 0 Å². The third kappa shape index (κ3) is 4.67. The lowest BCUT2D eigenvalue weighted by Crippen LogP contribution is -2.40. The van der Waals surface area contributed by atoms with Crippen LogP contribution in [-0.4, -0.2) is 40.2 Å². The van der Waals surface area contributed by atoms with Crippen LogP contribution < -0.4 is 5.73 Å². The number of hydrogen-bond donors (Lipinski definition) is 1. The van der Waals surface area contributed by atoms with Gasteiger partial charge in [-0.3, -0.25) is 4.79 Å². The van der Waals surface area contributed by atoms with Crippen molar-refractivity contribution >= 4 is 41.5 Å². The number of aromatic nitrogens is 2. The molecule has 5 nitrogen and oxygen atoms in total. The zero-order valence-corrected chi connectivity index (χ0v) is 17.0. The molecule has 0 saturated carbocycles. The molecule has 0 aliphatic rings. The maximum atomic E-state index is 12.5. The summed E-state index contributed by atoms with van der Waals surface area (Å²) in [6.45, 7) is 6.20. The molecule has 1 atom stereocenters. The van der Waals surface area contributed by atoms with Gasteiger partial charge in [-0.1, -0.05) is 23.2 Å². The molecule has 25 heavy (non-hydrogen) atoms. The monoisotopic (exact) mass is 404 g/mol. The molecule has 0 bridgehead atoms. The molecule has 0 radical (unpaired) electrons. The van der Waals surface area contributed by atoms with Gasteiger partial charge in [-0.25, -0.2) is 4.68 Å². The van der Waals surface area contributed by atoms with Gasteiger partial charge >= 0.3 is 0 Å². The van der Waals surface area contributed by atoms with E-state index >= 15 is 0 Å². The number of amides is 1. The van der Waals surface area contributed by atoms with Crippen LogP contribution in [0.25, 0.3) is 5.69 Å². The van der Waals surface area contributed by atoms with E-state index in [1.54, 1.807) is 28.8 Å². The lowest BCUT2D eigenvalue weighted by molar-refractivity contribution is -0.130. The molecule has 2 N–H and O–H groups in total. The Morgan fingerprint density at radius 3 is 2.52 bits per heavy atom. The number of rotatable bonds is 5. The quantitative estimate of drug-likeness (QED) is 0.827. The number of benzene rings is 1. The van der Waals surface area contributed by atoms with Gasteiger partial charge in [0.15, 0.2) is 0 Å². The van der Waals surface area contributed by atoms with Gasteiger partial charge in [-0.2, -0.15) is 5.10 Å². The van der Waals surface area contributed by atoms with Crippen LogP contribution in [0, 0.1) is 13.8 Å². The molecule has 0 aliphatic heterocycles. The van der Waals surface area contributed by atoms with E-state index in [4.69, 9.17) is 28.9 Å². The molecule has 1 unspecified atom stereocenters. The summed E-state index contributed by atoms with van der Waals surface area (Å²) in [5, 5.41) is 5.51. The van der Waals surface area contributed by atoms with Gasteiger partial charge in [0, 0.05) is 30.9 Å². The summed E-state index contributed by atoms with van der Waals surface area (Å²) in [4.78, 5) is 14.1. The fourth-order valence-electron chi connectivity index (χ4n) is 2.48. The van der Waals surface area contributed by atoms with Gasteiger partial charge in [-0.05, 0) is 39.0 Å². The van der Waals surface area contributed by atoms with Crippen LogP contribution in [0.2, 0.25) is 10.0 Å². The standard InChI is InChI=1S/C17H22Cl2N4O.ClH/c1-10(9-20)22(4)17(24)8-14-11(2)21-23(12(14)3)13-5-6-15(18)16(19)7-13;/h5-7,10H,8-9,20H2,1-4H3;1H. The number of carbonyl (C=O) groups is 1. The SMILES string of the molecule is Cc1nn(-c2ccc(Cl)c(Cl)c2)c(C)c1CC(=O)N(C)C(C)CN.Cl. The molecule has 1 amide bonds. The van der Waals surface area contributed by atoms with Crippen molar-refractivity contribution in [1.29, 1.82) is 0 Å². The van der Waals surface area contributed by atoms with Crippen LogP contribution in [0.5, 0.6) is 0 Å². The Morgan fingerprint density at radius 2 is 1.96 bits per heavy atom. The molecule has 138 valence electrons. The first kappa shape index (κ1) is 21.8. The van der Waals surface area contributed by atoms with Gasteiger partial charge in [0.1, 0.15) is 0 Å². The van der Waals surface area contributed by atoms with Gasteiger partial charge in [-0.15, -0.1) is 12.4 Å². The summed E-state index contributed by atoms with van der Waals surface area (Å²) in [7, 11) is 1.77. The molecule has 0 aliphatic carbocycles. The Balaban J connectivity index is 0.00000312. The highest BCUT2D eigenvalue weighted by atomic mass is 35.5. The first-order chi connectivity index (χ1) is 11.3. The van der Waals surface area contributed by atoms with Gasteiger partial charge in [0.05, 0.1) is 27.8 Å². The summed E-state index contributed by atoms with van der Waals surface area (Å²) in [6, 6.07) is 5.35. The molecular weight excluding hydrogens is 383 g/mol. The highest BCUT2D eigenvalue weighted by Gasteiger charge is 2.20. The molecular formula is C17H23Cl3N4O. The molecule has 0 fully saturated rings. The number of likely N-dealkylation sites (N-methyl/N-ethyl adjacent to an activating group) is 1. The molecule has 0 spiro atoms. The zero-order chi connectivity index (χ0) is 18.0. The number of nitrogens with two attached hydrogens (primary N) is 1. The van der Waals surface area contributed by atoms with Crippen molar-refractivity contribution < 1.29 is 4.79 Å². The Labute approximate surface area is 164 Å². The zero-order valence-electron chi connectivity index (χ0n) is 14.7. The van der Waals surface area contributed by atoms with Crippen LogP contribution in [0.1, 0.15) is 23.9 Å². The predicted octanol–water partition coefficient (Wildman–Crippen LogP) is 3.57. The Hall–Kier alpha value is -1.27. The minimum Gasteiger partial charge on any atom is -0.341 e. The fraction of sp³-hybridized carbons (Fsp3) is 0.412. The molecule has 0 saturated heterocycles. The average molecular weight is 406 g/mol. The average Bonchev–Trinajstić information content (AvgIpc) is 2.84. The first-order valence-electron chi connectivity index (χ1n) is 7.72. The van der Waals surface area contributed by atoms with Crippen LogP contribution in [0.3, 0.4) is 0 Å². The van der Waals surface area contributed by atoms with Crippen molar-refractivity contribution in [3.63, 3.8) is 0 Å². The summed E-state index contributed by atoms with van der Waals surface area (Å²) < 4.78 is 1.78. The van der Waals surface area contributed by atoms with Gasteiger partial charge in [0.2, 0.25) is 5.91 Å². The van der Waals surface area contributed by atoms with E-state index in [1.165, 1.54) is 0 Å². The summed E-state index contributed by atoms with van der Waals surface area (Å²) in [5.41, 5.74) is 9.10. The van der Waals surface area contributed by atoms with Gasteiger partial charge < -0.3 is 10.6 Å². The summed E-state index contributed by atoms with van der Waals surface area (Å²) in [5.74, 6) is 0.0211. The first-order valence-corrected chi connectivity index (χ1v) is 8.48. The number of nitrogens with zero attached hydrogens (tertiary/aromatic N) is 3. The topological polar surface area (TPSA) is 64.2 Å². The lowest BCUT2D eigenvalue weighted by atomic mass is 10.1. The maximum absolute atomic E-state index is 12.5. The lowest BCUT2D eigenvalue weighted by Gasteiger charge is -2.23. The van der Waals surface area contributed by atoms with Crippen molar-refractivity contribution in [2.24, 2.45) is 5.73 Å². The second-order valence-electron chi connectivity index (χ2n) is 5.93. The summed E-state index contributed by atoms with van der Waals surface area (Å²) in [6.07, 6.45) is 0.291. The van der Waals surface area contributed by atoms with E-state index in [-0.39, 0.29) is 24.4 Å². The number of halogens is 3. The number of hydrogen-bond acceptors (Lipinski definition) is 3. The van der Waals surface area contributed by atoms with Crippen molar-refractivity contribution in [1.82, 2.24) is 14.7 Å². The molecule has 2 rings (SSSR count). The molecule has 8 heteroatoms. The Bertz CT molecular complexity index is 761. The number of carbonyl (C=O) groups excluding carboxylic acids is 1. The normalized spacial score (nSPS) is 11.8. The van der Waals surface area contributed by atoms with Gasteiger partial charge in [0.25, 0.3) is 0 Å². The van der Waals surface area contributed by atoms with E-state index in [0.29, 0.717) is 23.0 Å². The van der Waals surface area contributed by atoms with Crippen LogP contribution in [-0.2, 0) is 11.2 Å². The maximum Gasteiger partial charge on any atom is 0.227 e. The third-order valence-electron chi connectivity index (χ3n) is 4.31. The predicted molar refractivity (Wildman–Crippen MR) is 105 cm³/mol. The highest BCUT2D eigenvalue weighted by molar-refractivity contribution is 6.42. The minimum absolute atomic E-state index is 0. The summed E-state index contributed by atoms with van der Waals surface area (Å²) >= 11 is 12.1. The second-order valence-corrected chi connectivity index (χ2v) is 6.74. The van der Waals surface area contributed by atoms with Crippen LogP contribution >= 0.6 is 35.6 Å². The van der Waals surface area contributed by atoms with E-state index in [2.05, 4.69) is 5.10 Å². The molecule has 1 heterocycles. The largest absolute Gasteiger partial charge is 0.341 e. The highest BCUT2D eigenvalue weighted by Crippen LogP contribution is 2.26. The number of aryl methyl sites for hydroxylation is 1. The minimum atomic E-state index is 0. The van der Waals surface area contributed by atoms with Crippen molar-refractivity contribution in [3.8, 4) is 5.69 Å². The Kier molecular flexibility index (Phi) is 7.75. The molecule has 2 aromatic rings. The second kappa shape index (κ2) is 8.90. The third-order valence-corrected chi connectivity index (χ3v) is 5.05. The molecule has 1 aromatic heterocycles. The molecule has 1 aromatic carbocycles. The van der Waals surface area contributed by atoms with Crippen molar-refractivity contribution in [2.45, 2.75) is 33.2 Å². The van der Waals surface area contributed by atoms with Crippen molar-refractivity contribution in [2.75, 3.05) is 13.6 Å². The van der Waals surface area contributed by atoms with E-state index in [1.807, 2.05) is 26.8 Å². The van der Waals surface area contributed by atoms with Crippen LogP contribution in [0.15, 0.2) is 18.2 Å². The van der Waals surface area contributed by atoms with Crippen molar-refractivity contribution in [3.05, 3.63) is 45.2 Å². The fourth-order valence-corrected chi connectivity index (χ4v) is 2.77. The smallest absolute Gasteiger partial charge is 0.227 e. The van der Waals surface area contributed by atoms with E-state index in [9.17, 15) is 4.79 Å².